The molecule has 1 aliphatic carbocycles. The van der Waals surface area contributed by atoms with Gasteiger partial charge in [0.2, 0.25) is 0 Å². The number of benzene rings is 1. The van der Waals surface area contributed by atoms with Crippen molar-refractivity contribution in [1.29, 1.82) is 0 Å². The van der Waals surface area contributed by atoms with Crippen molar-refractivity contribution in [2.24, 2.45) is 5.41 Å². The minimum Gasteiger partial charge on any atom is -0.382 e. The van der Waals surface area contributed by atoms with E-state index in [1.54, 1.807) is 0 Å². The van der Waals surface area contributed by atoms with Crippen LogP contribution in [-0.2, 0) is 0 Å². The van der Waals surface area contributed by atoms with Crippen molar-refractivity contribution in [1.82, 2.24) is 0 Å². The molecular weight excluding hydrogens is 232 g/mol. The molecule has 0 saturated heterocycles. The van der Waals surface area contributed by atoms with E-state index in [2.05, 4.69) is 62.2 Å². The summed E-state index contributed by atoms with van der Waals surface area (Å²) in [5, 5.41) is 3.68. The molecule has 1 aromatic carbocycles. The minimum atomic E-state index is 0.513. The Bertz CT molecular complexity index is 390. The van der Waals surface area contributed by atoms with Gasteiger partial charge in [0.1, 0.15) is 0 Å². The summed E-state index contributed by atoms with van der Waals surface area (Å²) < 4.78 is 0. The molecule has 1 N–H and O–H groups in total. The lowest BCUT2D eigenvalue weighted by atomic mass is 9.92. The van der Waals surface area contributed by atoms with Gasteiger partial charge in [-0.2, -0.15) is 0 Å². The quantitative estimate of drug-likeness (QED) is 0.837. The number of nitrogens with one attached hydrogen (secondary N) is 1. The predicted octanol–water partition coefficient (Wildman–Crippen LogP) is 4.52. The van der Waals surface area contributed by atoms with Crippen LogP contribution in [0.4, 0.5) is 11.4 Å². The largest absolute Gasteiger partial charge is 0.382 e. The third-order valence-corrected chi connectivity index (χ3v) is 4.34. The summed E-state index contributed by atoms with van der Waals surface area (Å²) in [6, 6.07) is 9.55. The van der Waals surface area contributed by atoms with Gasteiger partial charge in [0, 0.05) is 30.5 Å². The van der Waals surface area contributed by atoms with Gasteiger partial charge in [-0.05, 0) is 62.8 Å². The van der Waals surface area contributed by atoms with Crippen molar-refractivity contribution in [3.63, 3.8) is 0 Å². The Kier molecular flexibility index (Phi) is 4.38. The first-order chi connectivity index (χ1) is 9.04. The summed E-state index contributed by atoms with van der Waals surface area (Å²) in [7, 11) is 0. The first-order valence-electron chi connectivity index (χ1n) is 7.65. The SMILES string of the molecule is CCN(CC)c1ccc(NC2CCC(C)(C)C2)cc1. The van der Waals surface area contributed by atoms with E-state index in [0.717, 1.165) is 13.1 Å². The van der Waals surface area contributed by atoms with Crippen molar-refractivity contribution >= 4 is 11.4 Å². The zero-order valence-corrected chi connectivity index (χ0v) is 12.9. The monoisotopic (exact) mass is 260 g/mol. The Morgan fingerprint density at radius 2 is 1.79 bits per heavy atom. The van der Waals surface area contributed by atoms with E-state index in [4.69, 9.17) is 0 Å². The second-order valence-corrected chi connectivity index (χ2v) is 6.47. The topological polar surface area (TPSA) is 15.3 Å². The summed E-state index contributed by atoms with van der Waals surface area (Å²) >= 11 is 0. The maximum absolute atomic E-state index is 3.68. The fourth-order valence-corrected chi connectivity index (χ4v) is 3.15. The number of rotatable bonds is 5. The van der Waals surface area contributed by atoms with Gasteiger partial charge in [0.05, 0.1) is 0 Å². The molecule has 1 saturated carbocycles. The van der Waals surface area contributed by atoms with Crippen LogP contribution in [0, 0.1) is 5.41 Å². The lowest BCUT2D eigenvalue weighted by Gasteiger charge is -2.22. The van der Waals surface area contributed by atoms with Crippen LogP contribution in [0.5, 0.6) is 0 Å². The van der Waals surface area contributed by atoms with E-state index in [9.17, 15) is 0 Å². The Morgan fingerprint density at radius 3 is 2.26 bits per heavy atom. The van der Waals surface area contributed by atoms with E-state index in [-0.39, 0.29) is 0 Å². The molecule has 1 aromatic rings. The van der Waals surface area contributed by atoms with Gasteiger partial charge >= 0.3 is 0 Å². The van der Waals surface area contributed by atoms with Crippen molar-refractivity contribution in [3.8, 4) is 0 Å². The van der Waals surface area contributed by atoms with Gasteiger partial charge in [-0.1, -0.05) is 13.8 Å². The van der Waals surface area contributed by atoms with Gasteiger partial charge in [0.15, 0.2) is 0 Å². The zero-order valence-electron chi connectivity index (χ0n) is 12.9. The van der Waals surface area contributed by atoms with E-state index >= 15 is 0 Å². The lowest BCUT2D eigenvalue weighted by molar-refractivity contribution is 0.378. The summed E-state index contributed by atoms with van der Waals surface area (Å²) in [5.41, 5.74) is 3.10. The molecule has 1 atom stereocenters. The molecule has 0 heterocycles. The average molecular weight is 260 g/mol. The molecular formula is C17H28N2. The first kappa shape index (κ1) is 14.2. The van der Waals surface area contributed by atoms with E-state index < -0.39 is 0 Å². The molecule has 0 bridgehead atoms. The molecule has 0 radical (unpaired) electrons. The normalized spacial score (nSPS) is 21.4. The molecule has 2 heteroatoms. The number of nitrogens with zero attached hydrogens (tertiary/aromatic N) is 1. The van der Waals surface area contributed by atoms with Crippen molar-refractivity contribution < 1.29 is 0 Å². The molecule has 2 rings (SSSR count). The molecule has 0 aliphatic heterocycles. The molecule has 0 spiro atoms. The lowest BCUT2D eigenvalue weighted by Crippen LogP contribution is -2.22. The molecule has 0 amide bonds. The van der Waals surface area contributed by atoms with Crippen LogP contribution in [-0.4, -0.2) is 19.1 Å². The van der Waals surface area contributed by atoms with Crippen molar-refractivity contribution in [2.75, 3.05) is 23.3 Å². The van der Waals surface area contributed by atoms with Gasteiger partial charge < -0.3 is 10.2 Å². The third kappa shape index (κ3) is 3.65. The summed E-state index contributed by atoms with van der Waals surface area (Å²) in [6.45, 7) is 11.3. The molecule has 19 heavy (non-hydrogen) atoms. The van der Waals surface area contributed by atoms with Crippen LogP contribution >= 0.6 is 0 Å². The molecule has 1 fully saturated rings. The van der Waals surface area contributed by atoms with Crippen LogP contribution < -0.4 is 10.2 Å². The third-order valence-electron chi connectivity index (χ3n) is 4.34. The maximum Gasteiger partial charge on any atom is 0.0367 e. The number of hydrogen-bond acceptors (Lipinski definition) is 2. The van der Waals surface area contributed by atoms with Crippen LogP contribution in [0.25, 0.3) is 0 Å². The zero-order chi connectivity index (χ0) is 13.9. The molecule has 2 nitrogen and oxygen atoms in total. The van der Waals surface area contributed by atoms with Crippen molar-refractivity contribution in [3.05, 3.63) is 24.3 Å². The molecule has 1 unspecified atom stereocenters. The van der Waals surface area contributed by atoms with Gasteiger partial charge in [-0.25, -0.2) is 0 Å². The standard InChI is InChI=1S/C17H28N2/c1-5-19(6-2)16-9-7-14(8-10-16)18-15-11-12-17(3,4)13-15/h7-10,15,18H,5-6,11-13H2,1-4H3. The second kappa shape index (κ2) is 5.85. The highest BCUT2D eigenvalue weighted by Gasteiger charge is 2.30. The second-order valence-electron chi connectivity index (χ2n) is 6.47. The molecule has 0 aromatic heterocycles. The summed E-state index contributed by atoms with van der Waals surface area (Å²) in [6.07, 6.45) is 3.91. The molecule has 106 valence electrons. The van der Waals surface area contributed by atoms with E-state index in [1.165, 1.54) is 30.6 Å². The smallest absolute Gasteiger partial charge is 0.0367 e. The van der Waals surface area contributed by atoms with Crippen LogP contribution in [0.15, 0.2) is 24.3 Å². The highest BCUT2D eigenvalue weighted by molar-refractivity contribution is 5.55. The summed E-state index contributed by atoms with van der Waals surface area (Å²) in [4.78, 5) is 2.38. The molecule has 1 aliphatic rings. The maximum atomic E-state index is 3.68. The van der Waals surface area contributed by atoms with Gasteiger partial charge in [0.25, 0.3) is 0 Å². The Hall–Kier alpha value is -1.18. The predicted molar refractivity (Wildman–Crippen MR) is 85.0 cm³/mol. The van der Waals surface area contributed by atoms with Gasteiger partial charge in [-0.3, -0.25) is 0 Å². The number of hydrogen-bond donors (Lipinski definition) is 1. The first-order valence-corrected chi connectivity index (χ1v) is 7.65. The van der Waals surface area contributed by atoms with Crippen molar-refractivity contribution in [2.45, 2.75) is 53.0 Å². The van der Waals surface area contributed by atoms with E-state index in [0.29, 0.717) is 11.5 Å². The highest BCUT2D eigenvalue weighted by atomic mass is 15.1. The van der Waals surface area contributed by atoms with Crippen LogP contribution in [0.1, 0.15) is 47.0 Å². The Labute approximate surface area is 118 Å². The van der Waals surface area contributed by atoms with E-state index in [1.807, 2.05) is 0 Å². The van der Waals surface area contributed by atoms with Crippen LogP contribution in [0.2, 0.25) is 0 Å². The fraction of sp³-hybridized carbons (Fsp3) is 0.647. The van der Waals surface area contributed by atoms with Gasteiger partial charge in [-0.15, -0.1) is 0 Å². The minimum absolute atomic E-state index is 0.513. The fourth-order valence-electron chi connectivity index (χ4n) is 3.15. The van der Waals surface area contributed by atoms with Crippen LogP contribution in [0.3, 0.4) is 0 Å². The Morgan fingerprint density at radius 1 is 1.16 bits per heavy atom. The Balaban J connectivity index is 1.96. The average Bonchev–Trinajstić information content (AvgIpc) is 2.72. The highest BCUT2D eigenvalue weighted by Crippen LogP contribution is 2.38. The summed E-state index contributed by atoms with van der Waals surface area (Å²) in [5.74, 6) is 0. The number of anilines is 2.